The lowest BCUT2D eigenvalue weighted by atomic mass is 10.2. The van der Waals surface area contributed by atoms with Crippen LogP contribution in [0.15, 0.2) is 4.99 Å². The minimum Gasteiger partial charge on any atom is -0.356 e. The highest BCUT2D eigenvalue weighted by Gasteiger charge is 2.20. The van der Waals surface area contributed by atoms with Crippen LogP contribution in [0.2, 0.25) is 0 Å². The Morgan fingerprint density at radius 2 is 1.89 bits per heavy atom. The fourth-order valence-corrected chi connectivity index (χ4v) is 2.32. The number of halogens is 1. The van der Waals surface area contributed by atoms with Crippen molar-refractivity contribution in [1.82, 2.24) is 15.5 Å². The molecule has 0 aliphatic carbocycles. The van der Waals surface area contributed by atoms with E-state index < -0.39 is 0 Å². The van der Waals surface area contributed by atoms with Crippen molar-refractivity contribution < 1.29 is 0 Å². The Bertz CT molecular complexity index is 227. The molecule has 1 fully saturated rings. The molecule has 0 radical (unpaired) electrons. The molecule has 1 aliphatic heterocycles. The number of likely N-dealkylation sites (tertiary alicyclic amines) is 1. The molecule has 2 N–H and O–H groups in total. The third-order valence-corrected chi connectivity index (χ3v) is 3.40. The number of guanidine groups is 1. The van der Waals surface area contributed by atoms with Gasteiger partial charge in [-0.15, -0.1) is 24.0 Å². The summed E-state index contributed by atoms with van der Waals surface area (Å²) in [6, 6.07) is 0.651. The second-order valence-corrected chi connectivity index (χ2v) is 4.69. The molecule has 0 aromatic rings. The first kappa shape index (κ1) is 18.0. The number of hydrogen-bond acceptors (Lipinski definition) is 2. The number of nitrogens with zero attached hydrogens (tertiary/aromatic N) is 2. The van der Waals surface area contributed by atoms with Gasteiger partial charge in [0.2, 0.25) is 0 Å². The zero-order chi connectivity index (χ0) is 12.5. The van der Waals surface area contributed by atoms with Crippen LogP contribution in [0, 0.1) is 0 Å². The Morgan fingerprint density at radius 1 is 1.22 bits per heavy atom. The molecule has 108 valence electrons. The third-order valence-electron chi connectivity index (χ3n) is 3.40. The summed E-state index contributed by atoms with van der Waals surface area (Å²) < 4.78 is 0. The van der Waals surface area contributed by atoms with E-state index in [1.165, 1.54) is 32.4 Å². The Morgan fingerprint density at radius 3 is 2.39 bits per heavy atom. The molecule has 1 saturated heterocycles. The molecule has 0 aromatic heterocycles. The van der Waals surface area contributed by atoms with Gasteiger partial charge in [0.15, 0.2) is 5.96 Å². The monoisotopic (exact) mass is 368 g/mol. The molecule has 18 heavy (non-hydrogen) atoms. The molecule has 1 rings (SSSR count). The highest BCUT2D eigenvalue weighted by molar-refractivity contribution is 14.0. The summed E-state index contributed by atoms with van der Waals surface area (Å²) in [5, 5.41) is 6.74. The lowest BCUT2D eigenvalue weighted by molar-refractivity contribution is 0.236. The van der Waals surface area contributed by atoms with E-state index in [-0.39, 0.29) is 24.0 Å². The van der Waals surface area contributed by atoms with Gasteiger partial charge in [0.25, 0.3) is 0 Å². The molecule has 0 spiro atoms. The van der Waals surface area contributed by atoms with Crippen LogP contribution in [0.1, 0.15) is 39.5 Å². The van der Waals surface area contributed by atoms with E-state index in [2.05, 4.69) is 34.4 Å². The number of aliphatic imine (C=N–C) groups is 1. The predicted molar refractivity (Wildman–Crippen MR) is 90.0 cm³/mol. The fraction of sp³-hybridized carbons (Fsp3) is 0.923. The maximum atomic E-state index is 4.23. The summed E-state index contributed by atoms with van der Waals surface area (Å²) in [5.41, 5.74) is 0. The van der Waals surface area contributed by atoms with Crippen LogP contribution < -0.4 is 10.6 Å². The predicted octanol–water partition coefficient (Wildman–Crippen LogP) is 2.05. The zero-order valence-electron chi connectivity index (χ0n) is 12.0. The Kier molecular flexibility index (Phi) is 10.8. The van der Waals surface area contributed by atoms with Crippen LogP contribution in [0.4, 0.5) is 0 Å². The van der Waals surface area contributed by atoms with Crippen LogP contribution in [0.25, 0.3) is 0 Å². The van der Waals surface area contributed by atoms with E-state index in [9.17, 15) is 0 Å². The van der Waals surface area contributed by atoms with Gasteiger partial charge in [0.05, 0.1) is 0 Å². The van der Waals surface area contributed by atoms with Crippen molar-refractivity contribution in [2.75, 3.05) is 33.2 Å². The van der Waals surface area contributed by atoms with Crippen molar-refractivity contribution in [2.24, 2.45) is 4.99 Å². The van der Waals surface area contributed by atoms with Gasteiger partial charge in [-0.05, 0) is 38.8 Å². The number of rotatable bonds is 6. The summed E-state index contributed by atoms with van der Waals surface area (Å²) in [6.45, 7) is 8.95. The van der Waals surface area contributed by atoms with Crippen molar-refractivity contribution >= 4 is 29.9 Å². The third kappa shape index (κ3) is 6.22. The molecule has 1 unspecified atom stereocenters. The highest BCUT2D eigenvalue weighted by atomic mass is 127. The first-order valence-electron chi connectivity index (χ1n) is 7.00. The first-order chi connectivity index (χ1) is 8.31. The average Bonchev–Trinajstić information content (AvgIpc) is 2.87. The van der Waals surface area contributed by atoms with Crippen LogP contribution >= 0.6 is 24.0 Å². The smallest absolute Gasteiger partial charge is 0.191 e. The van der Waals surface area contributed by atoms with E-state index in [0.717, 1.165) is 25.5 Å². The molecule has 1 heterocycles. The van der Waals surface area contributed by atoms with E-state index >= 15 is 0 Å². The Labute approximate surface area is 129 Å². The maximum absolute atomic E-state index is 4.23. The quantitative estimate of drug-likeness (QED) is 0.428. The molecule has 5 heteroatoms. The van der Waals surface area contributed by atoms with Gasteiger partial charge < -0.3 is 10.6 Å². The topological polar surface area (TPSA) is 39.7 Å². The Hall–Kier alpha value is -0.0400. The van der Waals surface area contributed by atoms with Crippen molar-refractivity contribution in [1.29, 1.82) is 0 Å². The molecule has 0 bridgehead atoms. The molecular formula is C13H29IN4. The fourth-order valence-electron chi connectivity index (χ4n) is 2.32. The highest BCUT2D eigenvalue weighted by Crippen LogP contribution is 2.13. The minimum atomic E-state index is 0. The summed E-state index contributed by atoms with van der Waals surface area (Å²) in [6.07, 6.45) is 5.06. The molecule has 0 amide bonds. The van der Waals surface area contributed by atoms with Gasteiger partial charge in [-0.3, -0.25) is 9.89 Å². The normalized spacial score (nSPS) is 18.3. The van der Waals surface area contributed by atoms with Crippen molar-refractivity contribution in [3.8, 4) is 0 Å². The van der Waals surface area contributed by atoms with Gasteiger partial charge in [-0.2, -0.15) is 0 Å². The van der Waals surface area contributed by atoms with E-state index in [0.29, 0.717) is 6.04 Å². The van der Waals surface area contributed by atoms with Crippen molar-refractivity contribution in [2.45, 2.75) is 45.6 Å². The van der Waals surface area contributed by atoms with E-state index in [1.54, 1.807) is 0 Å². The van der Waals surface area contributed by atoms with E-state index in [4.69, 9.17) is 0 Å². The second kappa shape index (κ2) is 10.8. The largest absolute Gasteiger partial charge is 0.356 e. The minimum absolute atomic E-state index is 0. The lowest BCUT2D eigenvalue weighted by Gasteiger charge is -2.27. The van der Waals surface area contributed by atoms with Crippen LogP contribution in [-0.4, -0.2) is 50.1 Å². The molecule has 0 aromatic carbocycles. The molecule has 1 aliphatic rings. The second-order valence-electron chi connectivity index (χ2n) is 4.69. The van der Waals surface area contributed by atoms with Crippen LogP contribution in [0.5, 0.6) is 0 Å². The molecule has 0 saturated carbocycles. The number of hydrogen-bond donors (Lipinski definition) is 2. The average molecular weight is 368 g/mol. The Balaban J connectivity index is 0.00000289. The molecule has 1 atom stereocenters. The summed E-state index contributed by atoms with van der Waals surface area (Å²) in [7, 11) is 1.84. The summed E-state index contributed by atoms with van der Waals surface area (Å²) >= 11 is 0. The van der Waals surface area contributed by atoms with Crippen LogP contribution in [-0.2, 0) is 0 Å². The standard InChI is InChI=1S/C13H28N4.HI/c1-4-8-15-13(14-3)16-11-12(5-2)17-9-6-7-10-17;/h12H,4-11H2,1-3H3,(H2,14,15,16);1H. The van der Waals surface area contributed by atoms with E-state index in [1.807, 2.05) is 7.05 Å². The van der Waals surface area contributed by atoms with Crippen LogP contribution in [0.3, 0.4) is 0 Å². The zero-order valence-corrected chi connectivity index (χ0v) is 14.4. The van der Waals surface area contributed by atoms with Crippen molar-refractivity contribution in [3.05, 3.63) is 0 Å². The van der Waals surface area contributed by atoms with Gasteiger partial charge in [-0.1, -0.05) is 13.8 Å². The maximum Gasteiger partial charge on any atom is 0.191 e. The van der Waals surface area contributed by atoms with Gasteiger partial charge in [0.1, 0.15) is 0 Å². The summed E-state index contributed by atoms with van der Waals surface area (Å²) in [5.74, 6) is 0.935. The first-order valence-corrected chi connectivity index (χ1v) is 7.00. The van der Waals surface area contributed by atoms with Gasteiger partial charge >= 0.3 is 0 Å². The lowest BCUT2D eigenvalue weighted by Crippen LogP contribution is -2.46. The molecular weight excluding hydrogens is 339 g/mol. The molecule has 4 nitrogen and oxygen atoms in total. The number of nitrogens with one attached hydrogen (secondary N) is 2. The van der Waals surface area contributed by atoms with Gasteiger partial charge in [-0.25, -0.2) is 0 Å². The summed E-state index contributed by atoms with van der Waals surface area (Å²) in [4.78, 5) is 6.83. The van der Waals surface area contributed by atoms with Crippen molar-refractivity contribution in [3.63, 3.8) is 0 Å². The van der Waals surface area contributed by atoms with Gasteiger partial charge in [0, 0.05) is 26.2 Å². The SMILES string of the molecule is CCCNC(=NC)NCC(CC)N1CCCC1.I.